The number of rotatable bonds is 2. The fourth-order valence-electron chi connectivity index (χ4n) is 0.977. The largest absolute Gasteiger partial charge is 0.623 e. The smallest absolute Gasteiger partial charge is 0.249 e. The number of Topliss-reactive ketones (excluding diaryl/α,β-unsaturated/α-hetero) is 1. The lowest BCUT2D eigenvalue weighted by Gasteiger charge is -2.18. The summed E-state index contributed by atoms with van der Waals surface area (Å²) in [6.07, 6.45) is 1.09. The summed E-state index contributed by atoms with van der Waals surface area (Å²) in [5, 5.41) is 11.5. The Morgan fingerprint density at radius 2 is 1.80 bits per heavy atom. The highest BCUT2D eigenvalue weighted by atomic mass is 16.5. The molecule has 0 aliphatic carbocycles. The van der Waals surface area contributed by atoms with Crippen LogP contribution in [0.5, 0.6) is 0 Å². The van der Waals surface area contributed by atoms with E-state index in [1.807, 2.05) is 6.07 Å². The van der Waals surface area contributed by atoms with Gasteiger partial charge in [-0.2, -0.15) is 0 Å². The summed E-state index contributed by atoms with van der Waals surface area (Å²) < 4.78 is 0.683. The third-order valence-electron chi connectivity index (χ3n) is 1.95. The van der Waals surface area contributed by atoms with Crippen LogP contribution in [0.15, 0.2) is 30.3 Å². The molecule has 0 radical (unpaired) electrons. The van der Waals surface area contributed by atoms with E-state index in [1.165, 1.54) is 0 Å². The standard InChI is InChI=1S/C12H15NO2/c1-12(2,3)13(15)9-11(14)10-7-5-4-6-8-10/h4-9H,1-3H3/b13-9-. The molecule has 3 heteroatoms. The van der Waals surface area contributed by atoms with Gasteiger partial charge in [-0.15, -0.1) is 0 Å². The molecule has 0 N–H and O–H groups in total. The van der Waals surface area contributed by atoms with Gasteiger partial charge in [0, 0.05) is 26.3 Å². The molecule has 1 aromatic carbocycles. The molecule has 0 saturated carbocycles. The van der Waals surface area contributed by atoms with Crippen molar-refractivity contribution in [1.29, 1.82) is 0 Å². The quantitative estimate of drug-likeness (QED) is 0.244. The topological polar surface area (TPSA) is 43.1 Å². The lowest BCUT2D eigenvalue weighted by atomic mass is 10.1. The van der Waals surface area contributed by atoms with Gasteiger partial charge < -0.3 is 5.21 Å². The zero-order valence-corrected chi connectivity index (χ0v) is 9.23. The first-order valence-corrected chi connectivity index (χ1v) is 4.82. The maximum Gasteiger partial charge on any atom is 0.249 e. The molecule has 0 atom stereocenters. The molecule has 80 valence electrons. The SMILES string of the molecule is CC(C)(C)/[N+]([O-])=C/C(=O)c1ccccc1. The van der Waals surface area contributed by atoms with E-state index in [1.54, 1.807) is 45.0 Å². The normalized spacial score (nSPS) is 12.6. The first-order chi connectivity index (χ1) is 6.91. The van der Waals surface area contributed by atoms with E-state index >= 15 is 0 Å². The highest BCUT2D eigenvalue weighted by molar-refractivity contribution is 6.33. The van der Waals surface area contributed by atoms with Crippen LogP contribution in [0.2, 0.25) is 0 Å². The number of carbonyl (C=O) groups excluding carboxylic acids is 1. The average Bonchev–Trinajstić information content (AvgIpc) is 2.17. The van der Waals surface area contributed by atoms with Crippen LogP contribution in [-0.2, 0) is 0 Å². The monoisotopic (exact) mass is 205 g/mol. The first kappa shape index (κ1) is 11.4. The second-order valence-electron chi connectivity index (χ2n) is 4.36. The van der Waals surface area contributed by atoms with Crippen LogP contribution >= 0.6 is 0 Å². The Balaban J connectivity index is 2.90. The van der Waals surface area contributed by atoms with Crippen molar-refractivity contribution in [1.82, 2.24) is 0 Å². The van der Waals surface area contributed by atoms with Gasteiger partial charge in [-0.05, 0) is 0 Å². The number of hydrogen-bond acceptors (Lipinski definition) is 2. The van der Waals surface area contributed by atoms with Crippen molar-refractivity contribution in [2.24, 2.45) is 0 Å². The molecule has 0 saturated heterocycles. The van der Waals surface area contributed by atoms with E-state index in [9.17, 15) is 10.0 Å². The Morgan fingerprint density at radius 1 is 1.27 bits per heavy atom. The maximum absolute atomic E-state index is 11.6. The molecule has 0 aromatic heterocycles. The van der Waals surface area contributed by atoms with Gasteiger partial charge in [-0.1, -0.05) is 30.3 Å². The summed E-state index contributed by atoms with van der Waals surface area (Å²) in [7, 11) is 0. The zero-order chi connectivity index (χ0) is 11.5. The summed E-state index contributed by atoms with van der Waals surface area (Å²) in [6.45, 7) is 5.28. The van der Waals surface area contributed by atoms with Crippen LogP contribution in [0.1, 0.15) is 31.1 Å². The van der Waals surface area contributed by atoms with Gasteiger partial charge in [0.15, 0.2) is 5.54 Å². The summed E-state index contributed by atoms with van der Waals surface area (Å²) in [5.41, 5.74) is -0.0487. The Kier molecular flexibility index (Phi) is 3.24. The molecule has 0 amide bonds. The number of hydrogen-bond donors (Lipinski definition) is 0. The van der Waals surface area contributed by atoms with Crippen molar-refractivity contribution in [2.75, 3.05) is 0 Å². The predicted molar refractivity (Wildman–Crippen MR) is 60.2 cm³/mol. The van der Waals surface area contributed by atoms with Crippen LogP contribution in [0, 0.1) is 5.21 Å². The van der Waals surface area contributed by atoms with Crippen molar-refractivity contribution in [2.45, 2.75) is 26.3 Å². The molecule has 0 aliphatic rings. The summed E-state index contributed by atoms with van der Waals surface area (Å²) in [4.78, 5) is 11.6. The van der Waals surface area contributed by atoms with Gasteiger partial charge in [0.05, 0.1) is 0 Å². The fourth-order valence-corrected chi connectivity index (χ4v) is 0.977. The van der Waals surface area contributed by atoms with Gasteiger partial charge >= 0.3 is 0 Å². The minimum absolute atomic E-state index is 0.263. The molecule has 0 bridgehead atoms. The fraction of sp³-hybridized carbons (Fsp3) is 0.333. The van der Waals surface area contributed by atoms with Crippen LogP contribution in [0.4, 0.5) is 0 Å². The zero-order valence-electron chi connectivity index (χ0n) is 9.23. The van der Waals surface area contributed by atoms with Crippen molar-refractivity contribution in [3.05, 3.63) is 41.1 Å². The molecule has 3 nitrogen and oxygen atoms in total. The number of carbonyl (C=O) groups is 1. The van der Waals surface area contributed by atoms with E-state index in [2.05, 4.69) is 0 Å². The lowest BCUT2D eigenvalue weighted by Crippen LogP contribution is -2.31. The van der Waals surface area contributed by atoms with E-state index in [-0.39, 0.29) is 5.78 Å². The van der Waals surface area contributed by atoms with Crippen molar-refractivity contribution in [3.8, 4) is 0 Å². The van der Waals surface area contributed by atoms with Crippen LogP contribution in [0.25, 0.3) is 0 Å². The lowest BCUT2D eigenvalue weighted by molar-refractivity contribution is -0.529. The average molecular weight is 205 g/mol. The first-order valence-electron chi connectivity index (χ1n) is 4.82. The molecule has 0 aliphatic heterocycles. The van der Waals surface area contributed by atoms with Crippen LogP contribution < -0.4 is 0 Å². The van der Waals surface area contributed by atoms with Gasteiger partial charge in [-0.25, -0.2) is 4.74 Å². The Bertz CT molecular complexity index is 374. The molecule has 1 aromatic rings. The van der Waals surface area contributed by atoms with Gasteiger partial charge in [0.1, 0.15) is 0 Å². The van der Waals surface area contributed by atoms with Gasteiger partial charge in [-0.3, -0.25) is 4.79 Å². The third-order valence-corrected chi connectivity index (χ3v) is 1.95. The minimum atomic E-state index is -0.579. The molecule has 1 rings (SSSR count). The van der Waals surface area contributed by atoms with E-state index in [4.69, 9.17) is 0 Å². The molecule has 15 heavy (non-hydrogen) atoms. The molecule has 0 heterocycles. The van der Waals surface area contributed by atoms with E-state index in [0.717, 1.165) is 6.21 Å². The highest BCUT2D eigenvalue weighted by Gasteiger charge is 2.19. The highest BCUT2D eigenvalue weighted by Crippen LogP contribution is 2.05. The molecule has 0 spiro atoms. The number of benzene rings is 1. The van der Waals surface area contributed by atoms with Crippen molar-refractivity contribution < 1.29 is 9.53 Å². The molecular formula is C12H15NO2. The molecule has 0 fully saturated rings. The van der Waals surface area contributed by atoms with E-state index in [0.29, 0.717) is 10.3 Å². The van der Waals surface area contributed by atoms with Gasteiger partial charge in [0.25, 0.3) is 0 Å². The Labute approximate surface area is 89.6 Å². The van der Waals surface area contributed by atoms with Crippen LogP contribution in [0.3, 0.4) is 0 Å². The summed E-state index contributed by atoms with van der Waals surface area (Å²) in [5.74, 6) is -0.263. The molecular weight excluding hydrogens is 190 g/mol. The summed E-state index contributed by atoms with van der Waals surface area (Å²) >= 11 is 0. The van der Waals surface area contributed by atoms with E-state index < -0.39 is 5.54 Å². The molecule has 0 unspecified atom stereocenters. The second kappa shape index (κ2) is 4.26. The number of nitrogens with zero attached hydrogens (tertiary/aromatic N) is 1. The van der Waals surface area contributed by atoms with Crippen LogP contribution in [-0.4, -0.2) is 22.3 Å². The predicted octanol–water partition coefficient (Wildman–Crippen LogP) is 2.25. The van der Waals surface area contributed by atoms with Gasteiger partial charge in [0.2, 0.25) is 12.0 Å². The second-order valence-corrected chi connectivity index (χ2v) is 4.36. The number of ketones is 1. The maximum atomic E-state index is 11.6. The third kappa shape index (κ3) is 3.20. The van der Waals surface area contributed by atoms with Crippen molar-refractivity contribution >= 4 is 12.0 Å². The number of hydroxylamine groups is 1. The minimum Gasteiger partial charge on any atom is -0.623 e. The Hall–Kier alpha value is -1.64. The van der Waals surface area contributed by atoms with Crippen molar-refractivity contribution in [3.63, 3.8) is 0 Å². The summed E-state index contributed by atoms with van der Waals surface area (Å²) in [6, 6.07) is 8.75. The Morgan fingerprint density at radius 3 is 2.27 bits per heavy atom.